The largest absolute Gasteiger partial charge is 0.316 e. The van der Waals surface area contributed by atoms with Gasteiger partial charge in [0.15, 0.2) is 0 Å². The van der Waals surface area contributed by atoms with E-state index in [9.17, 15) is 4.39 Å². The molecule has 0 aliphatic heterocycles. The third-order valence-corrected chi connectivity index (χ3v) is 5.53. The summed E-state index contributed by atoms with van der Waals surface area (Å²) >= 11 is 3.52. The van der Waals surface area contributed by atoms with Crippen molar-refractivity contribution >= 4 is 15.9 Å². The van der Waals surface area contributed by atoms with Crippen molar-refractivity contribution in [2.24, 2.45) is 17.8 Å². The zero-order valence-corrected chi connectivity index (χ0v) is 12.2. The first-order valence-electron chi connectivity index (χ1n) is 6.82. The second-order valence-electron chi connectivity index (χ2n) is 5.67. The first-order chi connectivity index (χ1) is 8.70. The highest BCUT2D eigenvalue weighted by molar-refractivity contribution is 9.10. The fourth-order valence-electron chi connectivity index (χ4n) is 3.84. The van der Waals surface area contributed by atoms with Gasteiger partial charge in [-0.2, -0.15) is 0 Å². The maximum atomic E-state index is 13.3. The summed E-state index contributed by atoms with van der Waals surface area (Å²) in [5.41, 5.74) is 1.08. The zero-order chi connectivity index (χ0) is 12.7. The number of fused-ring (bicyclic) bond motifs is 1. The van der Waals surface area contributed by atoms with E-state index in [1.54, 1.807) is 6.07 Å². The highest BCUT2D eigenvalue weighted by atomic mass is 79.9. The molecule has 2 saturated carbocycles. The summed E-state index contributed by atoms with van der Waals surface area (Å²) in [6.45, 7) is 0. The van der Waals surface area contributed by atoms with Crippen LogP contribution in [0.1, 0.15) is 24.8 Å². The maximum Gasteiger partial charge on any atom is 0.123 e. The molecule has 1 nitrogen and oxygen atoms in total. The van der Waals surface area contributed by atoms with E-state index in [4.69, 9.17) is 0 Å². The van der Waals surface area contributed by atoms with Gasteiger partial charge >= 0.3 is 0 Å². The Hall–Kier alpha value is -0.410. The average Bonchev–Trinajstić information content (AvgIpc) is 2.83. The second-order valence-corrected chi connectivity index (χ2v) is 6.53. The van der Waals surface area contributed by atoms with Gasteiger partial charge in [-0.05, 0) is 67.8 Å². The van der Waals surface area contributed by atoms with Crippen LogP contribution < -0.4 is 5.32 Å². The Morgan fingerprint density at radius 3 is 2.78 bits per heavy atom. The summed E-state index contributed by atoms with van der Waals surface area (Å²) in [6, 6.07) is 5.48. The Labute approximate surface area is 116 Å². The summed E-state index contributed by atoms with van der Waals surface area (Å²) in [7, 11) is 2.03. The Bertz CT molecular complexity index is 438. The SMILES string of the molecule is CNC(Cc1cc(F)ccc1Br)C1C2CCCC21. The van der Waals surface area contributed by atoms with E-state index in [-0.39, 0.29) is 5.82 Å². The number of rotatable bonds is 4. The number of likely N-dealkylation sites (N-methyl/N-ethyl adjacent to an activating group) is 1. The van der Waals surface area contributed by atoms with Crippen LogP contribution in [-0.2, 0) is 6.42 Å². The van der Waals surface area contributed by atoms with Crippen molar-refractivity contribution in [2.75, 3.05) is 7.05 Å². The smallest absolute Gasteiger partial charge is 0.123 e. The van der Waals surface area contributed by atoms with E-state index in [0.29, 0.717) is 6.04 Å². The van der Waals surface area contributed by atoms with Crippen LogP contribution in [0.3, 0.4) is 0 Å². The molecule has 3 rings (SSSR count). The molecule has 1 aromatic rings. The Balaban J connectivity index is 1.72. The predicted octanol–water partition coefficient (Wildman–Crippen LogP) is 3.76. The molecule has 98 valence electrons. The van der Waals surface area contributed by atoms with Gasteiger partial charge in [-0.1, -0.05) is 22.4 Å². The molecule has 3 heteroatoms. The minimum absolute atomic E-state index is 0.140. The van der Waals surface area contributed by atoms with E-state index in [1.807, 2.05) is 13.1 Å². The van der Waals surface area contributed by atoms with Crippen LogP contribution in [0.4, 0.5) is 4.39 Å². The first-order valence-corrected chi connectivity index (χ1v) is 7.61. The molecule has 3 atom stereocenters. The summed E-state index contributed by atoms with van der Waals surface area (Å²) in [5, 5.41) is 3.44. The molecule has 18 heavy (non-hydrogen) atoms. The van der Waals surface area contributed by atoms with Gasteiger partial charge < -0.3 is 5.32 Å². The van der Waals surface area contributed by atoms with Crippen molar-refractivity contribution in [3.63, 3.8) is 0 Å². The molecule has 0 saturated heterocycles. The van der Waals surface area contributed by atoms with Crippen LogP contribution in [0.15, 0.2) is 22.7 Å². The third-order valence-electron chi connectivity index (χ3n) is 4.76. The molecule has 1 aromatic carbocycles. The molecule has 0 radical (unpaired) electrons. The van der Waals surface area contributed by atoms with Gasteiger partial charge in [-0.15, -0.1) is 0 Å². The average molecular weight is 312 g/mol. The van der Waals surface area contributed by atoms with Gasteiger partial charge in [0.2, 0.25) is 0 Å². The number of halogens is 2. The number of hydrogen-bond donors (Lipinski definition) is 1. The molecular weight excluding hydrogens is 293 g/mol. The topological polar surface area (TPSA) is 12.0 Å². The van der Waals surface area contributed by atoms with Gasteiger partial charge in [-0.3, -0.25) is 0 Å². The van der Waals surface area contributed by atoms with Crippen LogP contribution in [0.25, 0.3) is 0 Å². The predicted molar refractivity (Wildman–Crippen MR) is 75.0 cm³/mol. The Morgan fingerprint density at radius 1 is 1.39 bits per heavy atom. The lowest BCUT2D eigenvalue weighted by atomic mass is 9.97. The van der Waals surface area contributed by atoms with Gasteiger partial charge in [-0.25, -0.2) is 4.39 Å². The molecule has 0 aromatic heterocycles. The van der Waals surface area contributed by atoms with Crippen LogP contribution in [-0.4, -0.2) is 13.1 Å². The molecular formula is C15H19BrFN. The Morgan fingerprint density at radius 2 is 2.11 bits per heavy atom. The van der Waals surface area contributed by atoms with E-state index >= 15 is 0 Å². The molecule has 0 amide bonds. The second kappa shape index (κ2) is 4.93. The third kappa shape index (κ3) is 2.23. The fraction of sp³-hybridized carbons (Fsp3) is 0.600. The highest BCUT2D eigenvalue weighted by Gasteiger charge is 2.55. The van der Waals surface area contributed by atoms with E-state index < -0.39 is 0 Å². The van der Waals surface area contributed by atoms with E-state index in [1.165, 1.54) is 25.3 Å². The van der Waals surface area contributed by atoms with Gasteiger partial charge in [0.25, 0.3) is 0 Å². The molecule has 0 spiro atoms. The van der Waals surface area contributed by atoms with Crippen molar-refractivity contribution < 1.29 is 4.39 Å². The normalized spacial score (nSPS) is 31.2. The van der Waals surface area contributed by atoms with Gasteiger partial charge in [0.1, 0.15) is 5.82 Å². The van der Waals surface area contributed by atoms with Crippen LogP contribution in [0, 0.1) is 23.6 Å². The van der Waals surface area contributed by atoms with Crippen molar-refractivity contribution in [2.45, 2.75) is 31.7 Å². The Kier molecular flexibility index (Phi) is 3.46. The highest BCUT2D eigenvalue weighted by Crippen LogP contribution is 2.59. The minimum atomic E-state index is -0.140. The summed E-state index contributed by atoms with van der Waals surface area (Å²) in [5.74, 6) is 2.56. The van der Waals surface area contributed by atoms with Crippen LogP contribution in [0.5, 0.6) is 0 Å². The van der Waals surface area contributed by atoms with Crippen LogP contribution >= 0.6 is 15.9 Å². The molecule has 0 heterocycles. The zero-order valence-electron chi connectivity index (χ0n) is 10.6. The number of nitrogens with one attached hydrogen (secondary N) is 1. The summed E-state index contributed by atoms with van der Waals surface area (Å²) in [6.07, 6.45) is 5.13. The number of benzene rings is 1. The molecule has 2 aliphatic rings. The molecule has 1 N–H and O–H groups in total. The molecule has 3 unspecified atom stereocenters. The maximum absolute atomic E-state index is 13.3. The van der Waals surface area contributed by atoms with Gasteiger partial charge in [0.05, 0.1) is 0 Å². The lowest BCUT2D eigenvalue weighted by molar-refractivity contribution is 0.427. The monoisotopic (exact) mass is 311 g/mol. The molecule has 0 bridgehead atoms. The van der Waals surface area contributed by atoms with Crippen LogP contribution in [0.2, 0.25) is 0 Å². The number of hydrogen-bond acceptors (Lipinski definition) is 1. The minimum Gasteiger partial charge on any atom is -0.316 e. The summed E-state index contributed by atoms with van der Waals surface area (Å²) in [4.78, 5) is 0. The van der Waals surface area contributed by atoms with Crippen molar-refractivity contribution in [1.82, 2.24) is 5.32 Å². The van der Waals surface area contributed by atoms with Crippen molar-refractivity contribution in [1.29, 1.82) is 0 Å². The first kappa shape index (κ1) is 12.6. The van der Waals surface area contributed by atoms with Gasteiger partial charge in [0, 0.05) is 10.5 Å². The quantitative estimate of drug-likeness (QED) is 0.892. The standard InChI is InChI=1S/C15H19BrFN/c1-18-14(15-11-3-2-4-12(11)15)8-9-7-10(17)5-6-13(9)16/h5-7,11-12,14-15,18H,2-4,8H2,1H3. The lowest BCUT2D eigenvalue weighted by Crippen LogP contribution is -2.31. The van der Waals surface area contributed by atoms with Crippen molar-refractivity contribution in [3.8, 4) is 0 Å². The van der Waals surface area contributed by atoms with E-state index in [0.717, 1.165) is 34.2 Å². The van der Waals surface area contributed by atoms with E-state index in [2.05, 4.69) is 21.2 Å². The molecule has 2 aliphatic carbocycles. The summed E-state index contributed by atoms with van der Waals surface area (Å²) < 4.78 is 14.3. The molecule has 2 fully saturated rings. The van der Waals surface area contributed by atoms with Crippen molar-refractivity contribution in [3.05, 3.63) is 34.1 Å². The fourth-order valence-corrected chi connectivity index (χ4v) is 4.25. The lowest BCUT2D eigenvalue weighted by Gasteiger charge is -2.19.